The fourth-order valence-electron chi connectivity index (χ4n) is 2.55. The summed E-state index contributed by atoms with van der Waals surface area (Å²) in [6, 6.07) is 6.41. The van der Waals surface area contributed by atoms with Gasteiger partial charge in [-0.3, -0.25) is 4.79 Å². The predicted octanol–water partition coefficient (Wildman–Crippen LogP) is 4.44. The highest BCUT2D eigenvalue weighted by molar-refractivity contribution is 9.09. The van der Waals surface area contributed by atoms with E-state index in [2.05, 4.69) is 47.2 Å². The molecule has 1 aromatic rings. The summed E-state index contributed by atoms with van der Waals surface area (Å²) in [4.78, 5) is 11.7. The van der Waals surface area contributed by atoms with Gasteiger partial charge < -0.3 is 5.32 Å². The Morgan fingerprint density at radius 1 is 1.28 bits per heavy atom. The first-order valence-corrected chi connectivity index (χ1v) is 7.64. The molecule has 1 aliphatic heterocycles. The first-order valence-electron chi connectivity index (χ1n) is 6.72. The van der Waals surface area contributed by atoms with Crippen LogP contribution in [0.15, 0.2) is 18.2 Å². The lowest BCUT2D eigenvalue weighted by Gasteiger charge is -2.23. The molecule has 0 fully saturated rings. The topological polar surface area (TPSA) is 29.1 Å². The number of anilines is 1. The number of nitrogens with one attached hydrogen (secondary N) is 1. The van der Waals surface area contributed by atoms with Crippen molar-refractivity contribution in [3.63, 3.8) is 0 Å². The second-order valence-electron chi connectivity index (χ2n) is 4.94. The van der Waals surface area contributed by atoms with Crippen LogP contribution in [0.2, 0.25) is 0 Å². The van der Waals surface area contributed by atoms with Gasteiger partial charge in [0.05, 0.1) is 0 Å². The van der Waals surface area contributed by atoms with Crippen molar-refractivity contribution in [3.8, 4) is 0 Å². The Labute approximate surface area is 117 Å². The van der Waals surface area contributed by atoms with Crippen molar-refractivity contribution in [2.75, 3.05) is 5.32 Å². The highest BCUT2D eigenvalue weighted by Gasteiger charge is 2.20. The van der Waals surface area contributed by atoms with Crippen molar-refractivity contribution in [1.82, 2.24) is 0 Å². The summed E-state index contributed by atoms with van der Waals surface area (Å²) in [5, 5.41) is 2.93. The first-order chi connectivity index (χ1) is 8.65. The van der Waals surface area contributed by atoms with Crippen LogP contribution in [0.1, 0.15) is 49.1 Å². The molecule has 2 nitrogen and oxygen atoms in total. The number of halogens is 1. The molecule has 3 heteroatoms. The van der Waals surface area contributed by atoms with Gasteiger partial charge in [-0.05, 0) is 29.5 Å². The summed E-state index contributed by atoms with van der Waals surface area (Å²) in [6.45, 7) is 4.47. The zero-order chi connectivity index (χ0) is 13.1. The van der Waals surface area contributed by atoms with Gasteiger partial charge in [-0.25, -0.2) is 0 Å². The van der Waals surface area contributed by atoms with Crippen LogP contribution in [-0.4, -0.2) is 5.91 Å². The van der Waals surface area contributed by atoms with Crippen LogP contribution in [0, 0.1) is 5.92 Å². The van der Waals surface area contributed by atoms with Crippen molar-refractivity contribution in [2.45, 2.75) is 44.4 Å². The normalized spacial score (nSPS) is 16.3. The molecule has 2 rings (SSSR count). The molecule has 0 spiro atoms. The molecule has 1 atom stereocenters. The molecule has 98 valence electrons. The van der Waals surface area contributed by atoms with Crippen LogP contribution in [-0.2, 0) is 11.2 Å². The number of carbonyl (C=O) groups excluding carboxylic acids is 1. The Kier molecular flexibility index (Phi) is 4.44. The number of aryl methyl sites for hydroxylation is 1. The molecule has 0 aliphatic carbocycles. The van der Waals surface area contributed by atoms with Gasteiger partial charge in [-0.2, -0.15) is 0 Å². The average molecular weight is 310 g/mol. The lowest BCUT2D eigenvalue weighted by atomic mass is 9.92. The SMILES string of the molecule is CCC(CC)C(Br)c1ccc2c(c1)CCC(=O)N2. The Morgan fingerprint density at radius 2 is 2.00 bits per heavy atom. The summed E-state index contributed by atoms with van der Waals surface area (Å²) in [5.41, 5.74) is 3.58. The molecular formula is C15H20BrNO. The van der Waals surface area contributed by atoms with Gasteiger partial charge in [-0.15, -0.1) is 0 Å². The lowest BCUT2D eigenvalue weighted by molar-refractivity contribution is -0.116. The smallest absolute Gasteiger partial charge is 0.224 e. The van der Waals surface area contributed by atoms with Gasteiger partial charge in [0.25, 0.3) is 0 Å². The average Bonchev–Trinajstić information content (AvgIpc) is 2.39. The second-order valence-corrected chi connectivity index (χ2v) is 5.93. The number of alkyl halides is 1. The monoisotopic (exact) mass is 309 g/mol. The molecule has 0 radical (unpaired) electrons. The van der Waals surface area contributed by atoms with Crippen molar-refractivity contribution in [3.05, 3.63) is 29.3 Å². The predicted molar refractivity (Wildman–Crippen MR) is 79.1 cm³/mol. The van der Waals surface area contributed by atoms with E-state index in [0.29, 0.717) is 17.2 Å². The van der Waals surface area contributed by atoms with Gasteiger partial charge >= 0.3 is 0 Å². The highest BCUT2D eigenvalue weighted by Crippen LogP contribution is 2.37. The van der Waals surface area contributed by atoms with E-state index < -0.39 is 0 Å². The lowest BCUT2D eigenvalue weighted by Crippen LogP contribution is -2.19. The van der Waals surface area contributed by atoms with Crippen LogP contribution in [0.3, 0.4) is 0 Å². The number of rotatable bonds is 4. The maximum atomic E-state index is 11.3. The molecule has 1 unspecified atom stereocenters. The summed E-state index contributed by atoms with van der Waals surface area (Å²) >= 11 is 3.83. The molecular weight excluding hydrogens is 290 g/mol. The number of amides is 1. The van der Waals surface area contributed by atoms with Crippen LogP contribution < -0.4 is 5.32 Å². The van der Waals surface area contributed by atoms with E-state index in [1.807, 2.05) is 6.07 Å². The van der Waals surface area contributed by atoms with Crippen LogP contribution in [0.4, 0.5) is 5.69 Å². The first kappa shape index (κ1) is 13.6. The largest absolute Gasteiger partial charge is 0.326 e. The van der Waals surface area contributed by atoms with Gasteiger partial charge in [0.15, 0.2) is 0 Å². The fourth-order valence-corrected chi connectivity index (χ4v) is 3.58. The van der Waals surface area contributed by atoms with Crippen LogP contribution >= 0.6 is 15.9 Å². The molecule has 0 saturated heterocycles. The molecule has 0 saturated carbocycles. The number of hydrogen-bond acceptors (Lipinski definition) is 1. The number of fused-ring (bicyclic) bond motifs is 1. The van der Waals surface area contributed by atoms with Gasteiger partial charge in [0.1, 0.15) is 0 Å². The van der Waals surface area contributed by atoms with E-state index in [9.17, 15) is 4.79 Å². The van der Waals surface area contributed by atoms with Gasteiger partial charge in [0.2, 0.25) is 5.91 Å². The highest BCUT2D eigenvalue weighted by atomic mass is 79.9. The summed E-state index contributed by atoms with van der Waals surface area (Å²) in [6.07, 6.45) is 3.83. The number of carbonyl (C=O) groups is 1. The fraction of sp³-hybridized carbons (Fsp3) is 0.533. The van der Waals surface area contributed by atoms with Crippen LogP contribution in [0.25, 0.3) is 0 Å². The van der Waals surface area contributed by atoms with Crippen molar-refractivity contribution < 1.29 is 4.79 Å². The minimum absolute atomic E-state index is 0.130. The maximum Gasteiger partial charge on any atom is 0.224 e. The molecule has 1 aromatic carbocycles. The molecule has 0 bridgehead atoms. The standard InChI is InChI=1S/C15H20BrNO/c1-3-10(4-2)15(16)12-5-7-13-11(9-12)6-8-14(18)17-13/h5,7,9-10,15H,3-4,6,8H2,1-2H3,(H,17,18). The molecule has 1 N–H and O–H groups in total. The van der Waals surface area contributed by atoms with E-state index in [0.717, 1.165) is 12.1 Å². The zero-order valence-corrected chi connectivity index (χ0v) is 12.6. The van der Waals surface area contributed by atoms with Crippen molar-refractivity contribution in [1.29, 1.82) is 0 Å². The maximum absolute atomic E-state index is 11.3. The van der Waals surface area contributed by atoms with E-state index in [1.165, 1.54) is 24.0 Å². The summed E-state index contributed by atoms with van der Waals surface area (Å²) < 4.78 is 0. The van der Waals surface area contributed by atoms with Crippen molar-refractivity contribution in [2.24, 2.45) is 5.92 Å². The quantitative estimate of drug-likeness (QED) is 0.818. The third-order valence-electron chi connectivity index (χ3n) is 3.81. The molecule has 0 aromatic heterocycles. The third kappa shape index (κ3) is 2.77. The van der Waals surface area contributed by atoms with Gasteiger partial charge in [-0.1, -0.05) is 54.8 Å². The molecule has 18 heavy (non-hydrogen) atoms. The second kappa shape index (κ2) is 5.87. The van der Waals surface area contributed by atoms with E-state index >= 15 is 0 Å². The Bertz CT molecular complexity index is 440. The summed E-state index contributed by atoms with van der Waals surface area (Å²) in [5.74, 6) is 0.798. The molecule has 1 aliphatic rings. The summed E-state index contributed by atoms with van der Waals surface area (Å²) in [7, 11) is 0. The number of benzene rings is 1. The minimum atomic E-state index is 0.130. The Balaban J connectivity index is 2.23. The molecule has 1 heterocycles. The Hall–Kier alpha value is -0.830. The Morgan fingerprint density at radius 3 is 2.67 bits per heavy atom. The van der Waals surface area contributed by atoms with E-state index in [-0.39, 0.29) is 5.91 Å². The van der Waals surface area contributed by atoms with E-state index in [1.54, 1.807) is 0 Å². The molecule has 1 amide bonds. The number of hydrogen-bond donors (Lipinski definition) is 1. The zero-order valence-electron chi connectivity index (χ0n) is 11.0. The van der Waals surface area contributed by atoms with E-state index in [4.69, 9.17) is 0 Å². The van der Waals surface area contributed by atoms with Crippen molar-refractivity contribution >= 4 is 27.5 Å². The minimum Gasteiger partial charge on any atom is -0.326 e. The van der Waals surface area contributed by atoms with Crippen LogP contribution in [0.5, 0.6) is 0 Å². The van der Waals surface area contributed by atoms with Gasteiger partial charge in [0, 0.05) is 16.9 Å². The third-order valence-corrected chi connectivity index (χ3v) is 5.08.